The largest absolute Gasteiger partial charge is 0.350 e. The summed E-state index contributed by atoms with van der Waals surface area (Å²) in [5, 5.41) is 5.58. The molecule has 1 unspecified atom stereocenters. The minimum absolute atomic E-state index is 0. The highest BCUT2D eigenvalue weighted by molar-refractivity contribution is 5.92. The van der Waals surface area contributed by atoms with Crippen molar-refractivity contribution in [1.82, 2.24) is 10.6 Å². The second kappa shape index (κ2) is 7.27. The second-order valence-electron chi connectivity index (χ2n) is 6.65. The van der Waals surface area contributed by atoms with E-state index < -0.39 is 11.6 Å². The third-order valence-electron chi connectivity index (χ3n) is 3.44. The molecule has 0 aromatic heterocycles. The summed E-state index contributed by atoms with van der Waals surface area (Å²) in [4.78, 5) is 24.1. The van der Waals surface area contributed by atoms with E-state index >= 15 is 0 Å². The van der Waals surface area contributed by atoms with Gasteiger partial charge < -0.3 is 16.4 Å². The van der Waals surface area contributed by atoms with Crippen LogP contribution in [0.15, 0.2) is 0 Å². The van der Waals surface area contributed by atoms with Gasteiger partial charge in [-0.05, 0) is 40.5 Å². The maximum Gasteiger partial charge on any atom is 0.242 e. The van der Waals surface area contributed by atoms with E-state index in [-0.39, 0.29) is 29.8 Å². The molecule has 20 heavy (non-hydrogen) atoms. The Morgan fingerprint density at radius 1 is 1.15 bits per heavy atom. The van der Waals surface area contributed by atoms with Crippen LogP contribution < -0.4 is 16.4 Å². The summed E-state index contributed by atoms with van der Waals surface area (Å²) in [7, 11) is 0. The summed E-state index contributed by atoms with van der Waals surface area (Å²) >= 11 is 0. The zero-order valence-corrected chi connectivity index (χ0v) is 13.7. The molecular weight excluding hydrogens is 278 g/mol. The molecule has 1 fully saturated rings. The average molecular weight is 306 g/mol. The third kappa shape index (κ3) is 5.67. The number of hydrogen-bond acceptors (Lipinski definition) is 3. The van der Waals surface area contributed by atoms with Crippen molar-refractivity contribution in [3.63, 3.8) is 0 Å². The van der Waals surface area contributed by atoms with Crippen LogP contribution in [0.5, 0.6) is 0 Å². The van der Waals surface area contributed by atoms with E-state index in [1.807, 2.05) is 20.8 Å². The Hall–Kier alpha value is -0.810. The molecule has 1 aliphatic rings. The number of carbonyl (C=O) groups excluding carboxylic acids is 2. The topological polar surface area (TPSA) is 84.2 Å². The van der Waals surface area contributed by atoms with Crippen molar-refractivity contribution in [3.8, 4) is 0 Å². The monoisotopic (exact) mass is 305 g/mol. The minimum atomic E-state index is -0.797. The molecule has 0 radical (unpaired) electrons. The standard InChI is InChI=1S/C14H27N3O2.ClH/c1-10(11(18)17-13(2,3)4)16-12(19)14(15)8-6-5-7-9-14;/h10H,5-9,15H2,1-4H3,(H,16,19)(H,17,18);1H. The maximum atomic E-state index is 12.2. The lowest BCUT2D eigenvalue weighted by Crippen LogP contribution is -2.59. The summed E-state index contributed by atoms with van der Waals surface area (Å²) in [5.74, 6) is -0.385. The first-order valence-corrected chi connectivity index (χ1v) is 7.06. The summed E-state index contributed by atoms with van der Waals surface area (Å²) in [6, 6.07) is -0.561. The van der Waals surface area contributed by atoms with Gasteiger partial charge in [-0.3, -0.25) is 9.59 Å². The Balaban J connectivity index is 0.00000361. The van der Waals surface area contributed by atoms with Gasteiger partial charge in [0, 0.05) is 5.54 Å². The van der Waals surface area contributed by atoms with Crippen LogP contribution in [0, 0.1) is 0 Å². The summed E-state index contributed by atoms with van der Waals surface area (Å²) in [5.41, 5.74) is 5.03. The van der Waals surface area contributed by atoms with E-state index in [0.29, 0.717) is 12.8 Å². The van der Waals surface area contributed by atoms with E-state index in [4.69, 9.17) is 5.73 Å². The molecule has 0 spiro atoms. The van der Waals surface area contributed by atoms with Crippen LogP contribution in [-0.2, 0) is 9.59 Å². The van der Waals surface area contributed by atoms with Crippen LogP contribution in [0.25, 0.3) is 0 Å². The molecule has 0 heterocycles. The number of nitrogens with one attached hydrogen (secondary N) is 2. The van der Waals surface area contributed by atoms with E-state index in [1.54, 1.807) is 6.92 Å². The Kier molecular flexibility index (Phi) is 6.98. The second-order valence-corrected chi connectivity index (χ2v) is 6.65. The Labute approximate surface area is 127 Å². The molecule has 6 heteroatoms. The van der Waals surface area contributed by atoms with Crippen molar-refractivity contribution in [1.29, 1.82) is 0 Å². The highest BCUT2D eigenvalue weighted by Gasteiger charge is 2.36. The first kappa shape index (κ1) is 19.2. The van der Waals surface area contributed by atoms with Crippen molar-refractivity contribution in [3.05, 3.63) is 0 Å². The minimum Gasteiger partial charge on any atom is -0.350 e. The number of rotatable bonds is 3. The van der Waals surface area contributed by atoms with Crippen molar-refractivity contribution < 1.29 is 9.59 Å². The lowest BCUT2D eigenvalue weighted by molar-refractivity contribution is -0.133. The number of hydrogen-bond donors (Lipinski definition) is 3. The smallest absolute Gasteiger partial charge is 0.242 e. The molecular formula is C14H28ClN3O2. The first-order chi connectivity index (χ1) is 8.64. The normalized spacial score (nSPS) is 19.4. The van der Waals surface area contributed by atoms with Gasteiger partial charge in [-0.15, -0.1) is 12.4 Å². The fourth-order valence-electron chi connectivity index (χ4n) is 2.29. The van der Waals surface area contributed by atoms with Gasteiger partial charge in [-0.1, -0.05) is 19.3 Å². The Bertz CT molecular complexity index is 347. The predicted molar refractivity (Wildman–Crippen MR) is 82.8 cm³/mol. The van der Waals surface area contributed by atoms with Gasteiger partial charge in [0.1, 0.15) is 6.04 Å². The van der Waals surface area contributed by atoms with Gasteiger partial charge in [-0.25, -0.2) is 0 Å². The molecule has 1 atom stereocenters. The molecule has 0 aromatic rings. The quantitative estimate of drug-likeness (QED) is 0.738. The average Bonchev–Trinajstić information content (AvgIpc) is 2.27. The zero-order chi connectivity index (χ0) is 14.7. The molecule has 5 nitrogen and oxygen atoms in total. The van der Waals surface area contributed by atoms with E-state index in [1.165, 1.54) is 0 Å². The van der Waals surface area contributed by atoms with E-state index in [2.05, 4.69) is 10.6 Å². The third-order valence-corrected chi connectivity index (χ3v) is 3.44. The van der Waals surface area contributed by atoms with Gasteiger partial charge in [0.05, 0.1) is 5.54 Å². The van der Waals surface area contributed by atoms with Crippen LogP contribution in [0.4, 0.5) is 0 Å². The summed E-state index contributed by atoms with van der Waals surface area (Å²) in [6.07, 6.45) is 4.49. The number of nitrogens with two attached hydrogens (primary N) is 1. The van der Waals surface area contributed by atoms with Gasteiger partial charge in [0.15, 0.2) is 0 Å². The van der Waals surface area contributed by atoms with Gasteiger partial charge >= 0.3 is 0 Å². The molecule has 118 valence electrons. The SMILES string of the molecule is CC(NC(=O)C1(N)CCCCC1)C(=O)NC(C)(C)C.Cl. The molecule has 0 bridgehead atoms. The Morgan fingerprint density at radius 2 is 1.65 bits per heavy atom. The fraction of sp³-hybridized carbons (Fsp3) is 0.857. The number of carbonyl (C=O) groups is 2. The summed E-state index contributed by atoms with van der Waals surface area (Å²) < 4.78 is 0. The van der Waals surface area contributed by atoms with Crippen molar-refractivity contribution in [2.24, 2.45) is 5.73 Å². The van der Waals surface area contributed by atoms with Crippen molar-refractivity contribution >= 4 is 24.2 Å². The van der Waals surface area contributed by atoms with Gasteiger partial charge in [0.2, 0.25) is 11.8 Å². The van der Waals surface area contributed by atoms with E-state index in [0.717, 1.165) is 19.3 Å². The fourth-order valence-corrected chi connectivity index (χ4v) is 2.29. The van der Waals surface area contributed by atoms with Crippen LogP contribution >= 0.6 is 12.4 Å². The number of amides is 2. The lowest BCUT2D eigenvalue weighted by atomic mass is 9.82. The molecule has 4 N–H and O–H groups in total. The summed E-state index contributed by atoms with van der Waals surface area (Å²) in [6.45, 7) is 7.41. The van der Waals surface area contributed by atoms with Crippen molar-refractivity contribution in [2.75, 3.05) is 0 Å². The lowest BCUT2D eigenvalue weighted by Gasteiger charge is -2.33. The van der Waals surface area contributed by atoms with Crippen molar-refractivity contribution in [2.45, 2.75) is 76.9 Å². The van der Waals surface area contributed by atoms with Gasteiger partial charge in [-0.2, -0.15) is 0 Å². The Morgan fingerprint density at radius 3 is 2.10 bits per heavy atom. The zero-order valence-electron chi connectivity index (χ0n) is 12.9. The molecule has 0 aliphatic heterocycles. The molecule has 0 saturated heterocycles. The molecule has 1 rings (SSSR count). The predicted octanol–water partition coefficient (Wildman–Crippen LogP) is 1.49. The first-order valence-electron chi connectivity index (χ1n) is 7.06. The van der Waals surface area contributed by atoms with Crippen LogP contribution in [-0.4, -0.2) is 28.9 Å². The van der Waals surface area contributed by atoms with Gasteiger partial charge in [0.25, 0.3) is 0 Å². The molecule has 2 amide bonds. The van der Waals surface area contributed by atoms with Crippen LogP contribution in [0.3, 0.4) is 0 Å². The molecule has 0 aromatic carbocycles. The van der Waals surface area contributed by atoms with Crippen LogP contribution in [0.1, 0.15) is 59.8 Å². The van der Waals surface area contributed by atoms with Crippen LogP contribution in [0.2, 0.25) is 0 Å². The number of halogens is 1. The highest BCUT2D eigenvalue weighted by atomic mass is 35.5. The highest BCUT2D eigenvalue weighted by Crippen LogP contribution is 2.26. The van der Waals surface area contributed by atoms with E-state index in [9.17, 15) is 9.59 Å². The molecule has 1 saturated carbocycles. The maximum absolute atomic E-state index is 12.2. The molecule has 1 aliphatic carbocycles.